The normalized spacial score (nSPS) is 25.0. The molecule has 1 unspecified atom stereocenters. The van der Waals surface area contributed by atoms with Gasteiger partial charge in [-0.3, -0.25) is 9.69 Å². The fourth-order valence-corrected chi connectivity index (χ4v) is 5.32. The minimum absolute atomic E-state index is 0.0128. The van der Waals surface area contributed by atoms with Gasteiger partial charge in [0, 0.05) is 18.5 Å². The predicted octanol–water partition coefficient (Wildman–Crippen LogP) is 5.82. The van der Waals surface area contributed by atoms with E-state index >= 15 is 0 Å². The van der Waals surface area contributed by atoms with E-state index in [-0.39, 0.29) is 11.9 Å². The highest BCUT2D eigenvalue weighted by molar-refractivity contribution is 5.88. The monoisotopic (exact) mass is 423 g/mol. The number of esters is 1. The van der Waals surface area contributed by atoms with Gasteiger partial charge in [0.25, 0.3) is 0 Å². The summed E-state index contributed by atoms with van der Waals surface area (Å²) in [5.74, 6) is 1.74. The van der Waals surface area contributed by atoms with Crippen molar-refractivity contribution in [1.29, 1.82) is 0 Å². The van der Waals surface area contributed by atoms with Gasteiger partial charge in [-0.2, -0.15) is 0 Å². The summed E-state index contributed by atoms with van der Waals surface area (Å²) in [6, 6.07) is 13.1. The fourth-order valence-electron chi connectivity index (χ4n) is 5.32. The Labute approximate surface area is 186 Å². The lowest BCUT2D eigenvalue weighted by Gasteiger charge is -2.37. The molecule has 0 N–H and O–H groups in total. The maximum Gasteiger partial charge on any atom is 0.310 e. The number of hydrogen-bond donors (Lipinski definition) is 0. The van der Waals surface area contributed by atoms with Gasteiger partial charge in [-0.1, -0.05) is 45.0 Å². The minimum Gasteiger partial charge on any atom is -0.490 e. The van der Waals surface area contributed by atoms with Crippen LogP contribution < -0.4 is 4.74 Å². The van der Waals surface area contributed by atoms with E-state index in [9.17, 15) is 4.79 Å². The van der Waals surface area contributed by atoms with E-state index in [1.807, 2.05) is 0 Å². The van der Waals surface area contributed by atoms with Crippen LogP contribution in [0.3, 0.4) is 0 Å². The lowest BCUT2D eigenvalue weighted by atomic mass is 9.72. The predicted molar refractivity (Wildman–Crippen MR) is 125 cm³/mol. The summed E-state index contributed by atoms with van der Waals surface area (Å²) < 4.78 is 11.4. The quantitative estimate of drug-likeness (QED) is 0.568. The molecule has 0 spiro atoms. The molecule has 2 aliphatic rings. The van der Waals surface area contributed by atoms with Gasteiger partial charge in [0.05, 0.1) is 19.1 Å². The van der Waals surface area contributed by atoms with Crippen molar-refractivity contribution in [3.8, 4) is 5.75 Å². The summed E-state index contributed by atoms with van der Waals surface area (Å²) in [5, 5.41) is 2.42. The van der Waals surface area contributed by atoms with E-state index in [4.69, 9.17) is 9.47 Å². The number of rotatable bonds is 5. The molecule has 4 nitrogen and oxygen atoms in total. The number of carbonyl (C=O) groups excluding carboxylic acids is 1. The molecule has 1 aliphatic carbocycles. The van der Waals surface area contributed by atoms with Gasteiger partial charge in [0.2, 0.25) is 0 Å². The third-order valence-corrected chi connectivity index (χ3v) is 7.31. The first-order chi connectivity index (χ1) is 14.8. The molecule has 2 aromatic rings. The zero-order valence-corrected chi connectivity index (χ0v) is 19.5. The Morgan fingerprint density at radius 1 is 1.06 bits per heavy atom. The van der Waals surface area contributed by atoms with Crippen molar-refractivity contribution in [3.05, 3.63) is 42.0 Å². The van der Waals surface area contributed by atoms with Gasteiger partial charge < -0.3 is 9.47 Å². The number of carbonyl (C=O) groups is 1. The molecule has 1 heterocycles. The van der Waals surface area contributed by atoms with Crippen molar-refractivity contribution < 1.29 is 14.3 Å². The number of nitrogens with zero attached hydrogens (tertiary/aromatic N) is 1. The topological polar surface area (TPSA) is 38.8 Å². The highest BCUT2D eigenvalue weighted by Gasteiger charge is 2.31. The maximum absolute atomic E-state index is 11.8. The minimum atomic E-state index is -0.0839. The largest absolute Gasteiger partial charge is 0.490 e. The lowest BCUT2D eigenvalue weighted by molar-refractivity contribution is -0.144. The average Bonchev–Trinajstić information content (AvgIpc) is 3.21. The molecule has 1 aliphatic heterocycles. The van der Waals surface area contributed by atoms with Crippen molar-refractivity contribution in [3.63, 3.8) is 0 Å². The van der Waals surface area contributed by atoms with Crippen molar-refractivity contribution >= 4 is 16.7 Å². The molecule has 4 heteroatoms. The number of likely N-dealkylation sites (tertiary alicyclic amines) is 1. The molecule has 2 aromatic carbocycles. The van der Waals surface area contributed by atoms with Crippen LogP contribution in [0.5, 0.6) is 5.75 Å². The van der Waals surface area contributed by atoms with Crippen molar-refractivity contribution in [1.82, 2.24) is 4.90 Å². The third-order valence-electron chi connectivity index (χ3n) is 7.31. The third kappa shape index (κ3) is 5.23. The number of ether oxygens (including phenoxy) is 2. The SMILES string of the molecule is COC(=O)C1CCN(Cc2ccc3c(OC4CCC(C(C)(C)C)CC4)cccc3c2)C1. The molecular formula is C27H37NO3. The first kappa shape index (κ1) is 22.1. The average molecular weight is 424 g/mol. The van der Waals surface area contributed by atoms with Gasteiger partial charge in [0.15, 0.2) is 0 Å². The van der Waals surface area contributed by atoms with Crippen LogP contribution in [0.15, 0.2) is 36.4 Å². The summed E-state index contributed by atoms with van der Waals surface area (Å²) in [6.45, 7) is 9.67. The first-order valence-corrected chi connectivity index (χ1v) is 11.8. The molecule has 1 saturated heterocycles. The first-order valence-electron chi connectivity index (χ1n) is 11.8. The van der Waals surface area contributed by atoms with Crippen LogP contribution in [0, 0.1) is 17.3 Å². The molecule has 0 bridgehead atoms. The lowest BCUT2D eigenvalue weighted by Crippen LogP contribution is -2.30. The molecule has 168 valence electrons. The molecule has 2 fully saturated rings. The van der Waals surface area contributed by atoms with Gasteiger partial charge in [0.1, 0.15) is 5.75 Å². The van der Waals surface area contributed by atoms with E-state index in [0.29, 0.717) is 11.5 Å². The molecule has 1 atom stereocenters. The van der Waals surface area contributed by atoms with Crippen LogP contribution in [0.25, 0.3) is 10.8 Å². The zero-order chi connectivity index (χ0) is 22.0. The fraction of sp³-hybridized carbons (Fsp3) is 0.593. The van der Waals surface area contributed by atoms with Gasteiger partial charge >= 0.3 is 5.97 Å². The summed E-state index contributed by atoms with van der Waals surface area (Å²) in [7, 11) is 1.48. The van der Waals surface area contributed by atoms with E-state index in [1.165, 1.54) is 36.3 Å². The van der Waals surface area contributed by atoms with E-state index in [2.05, 4.69) is 62.1 Å². The Morgan fingerprint density at radius 2 is 1.84 bits per heavy atom. The van der Waals surface area contributed by atoms with Gasteiger partial charge in [-0.15, -0.1) is 0 Å². The van der Waals surface area contributed by atoms with E-state index in [0.717, 1.165) is 50.6 Å². The van der Waals surface area contributed by atoms with Crippen LogP contribution >= 0.6 is 0 Å². The van der Waals surface area contributed by atoms with Crippen molar-refractivity contribution in [2.24, 2.45) is 17.3 Å². The molecule has 4 rings (SSSR count). The second-order valence-electron chi connectivity index (χ2n) is 10.5. The Morgan fingerprint density at radius 3 is 2.55 bits per heavy atom. The highest BCUT2D eigenvalue weighted by Crippen LogP contribution is 2.39. The second kappa shape index (κ2) is 9.20. The molecule has 0 amide bonds. The summed E-state index contributed by atoms with van der Waals surface area (Å²) >= 11 is 0. The Hall–Kier alpha value is -2.07. The van der Waals surface area contributed by atoms with Crippen molar-refractivity contribution in [2.45, 2.75) is 65.5 Å². The maximum atomic E-state index is 11.8. The van der Waals surface area contributed by atoms with E-state index in [1.54, 1.807) is 0 Å². The van der Waals surface area contributed by atoms with Crippen molar-refractivity contribution in [2.75, 3.05) is 20.2 Å². The molecule has 1 saturated carbocycles. The number of fused-ring (bicyclic) bond motifs is 1. The molecule has 0 aromatic heterocycles. The van der Waals surface area contributed by atoms with Crippen LogP contribution in [0.1, 0.15) is 58.4 Å². The van der Waals surface area contributed by atoms with Crippen LogP contribution in [0.2, 0.25) is 0 Å². The molecular weight excluding hydrogens is 386 g/mol. The number of methoxy groups -OCH3 is 1. The Kier molecular flexibility index (Phi) is 6.57. The Bertz CT molecular complexity index is 908. The summed E-state index contributed by atoms with van der Waals surface area (Å²) in [4.78, 5) is 14.1. The molecule has 31 heavy (non-hydrogen) atoms. The van der Waals surface area contributed by atoms with Gasteiger partial charge in [-0.25, -0.2) is 0 Å². The zero-order valence-electron chi connectivity index (χ0n) is 19.5. The number of benzene rings is 2. The van der Waals surface area contributed by atoms with Crippen LogP contribution in [-0.4, -0.2) is 37.2 Å². The summed E-state index contributed by atoms with van der Waals surface area (Å²) in [5.41, 5.74) is 1.67. The summed E-state index contributed by atoms with van der Waals surface area (Å²) in [6.07, 6.45) is 6.01. The Balaban J connectivity index is 1.40. The van der Waals surface area contributed by atoms with E-state index < -0.39 is 0 Å². The number of hydrogen-bond acceptors (Lipinski definition) is 4. The smallest absolute Gasteiger partial charge is 0.310 e. The second-order valence-corrected chi connectivity index (χ2v) is 10.5. The highest BCUT2D eigenvalue weighted by atomic mass is 16.5. The van der Waals surface area contributed by atoms with Gasteiger partial charge in [-0.05, 0) is 73.1 Å². The molecule has 0 radical (unpaired) electrons. The standard InChI is InChI=1S/C27H37NO3/c1-27(2,3)22-9-11-23(12-10-22)31-25-7-5-6-20-16-19(8-13-24(20)25)17-28-15-14-21(18-28)26(29)30-4/h5-8,13,16,21-23H,9-12,14-15,17-18H2,1-4H3. The van der Waals surface area contributed by atoms with Crippen LogP contribution in [0.4, 0.5) is 0 Å². The van der Waals surface area contributed by atoms with Crippen LogP contribution in [-0.2, 0) is 16.1 Å².